The Hall–Kier alpha value is -4.07. The number of pyridine rings is 2. The lowest BCUT2D eigenvalue weighted by molar-refractivity contribution is -0.138. The molecule has 0 unspecified atom stereocenters. The zero-order chi connectivity index (χ0) is 25.9. The highest BCUT2D eigenvalue weighted by Gasteiger charge is 2.34. The van der Waals surface area contributed by atoms with E-state index in [1.807, 2.05) is 0 Å². The number of piperazine rings is 1. The maximum Gasteiger partial charge on any atom is 0.417 e. The highest BCUT2D eigenvalue weighted by molar-refractivity contribution is 5.95. The van der Waals surface area contributed by atoms with Crippen LogP contribution in [0.5, 0.6) is 0 Å². The molecule has 5 nitrogen and oxygen atoms in total. The van der Waals surface area contributed by atoms with E-state index in [2.05, 4.69) is 21.8 Å². The molecule has 0 atom stereocenters. The third-order valence-electron chi connectivity index (χ3n) is 5.53. The van der Waals surface area contributed by atoms with Gasteiger partial charge in [0.25, 0.3) is 5.91 Å². The number of alkyl halides is 6. The van der Waals surface area contributed by atoms with E-state index in [0.29, 0.717) is 18.9 Å². The monoisotopic (exact) mass is 504 g/mol. The van der Waals surface area contributed by atoms with Crippen molar-refractivity contribution in [2.45, 2.75) is 12.4 Å². The molecular formula is C25H18F6N4O. The Morgan fingerprint density at radius 3 is 2.17 bits per heavy atom. The number of aromatic nitrogens is 2. The van der Waals surface area contributed by atoms with Gasteiger partial charge in [0.2, 0.25) is 0 Å². The van der Waals surface area contributed by atoms with Crippen LogP contribution < -0.4 is 4.90 Å². The number of benzene rings is 1. The molecule has 0 saturated carbocycles. The van der Waals surface area contributed by atoms with E-state index in [1.165, 1.54) is 17.2 Å². The van der Waals surface area contributed by atoms with Crippen LogP contribution in [0.15, 0.2) is 60.9 Å². The van der Waals surface area contributed by atoms with Crippen LogP contribution in [-0.2, 0) is 12.4 Å². The highest BCUT2D eigenvalue weighted by Crippen LogP contribution is 2.33. The normalized spacial score (nSPS) is 14.3. The van der Waals surface area contributed by atoms with Crippen molar-refractivity contribution in [3.8, 4) is 11.8 Å². The molecule has 4 rings (SSSR count). The summed E-state index contributed by atoms with van der Waals surface area (Å²) in [6, 6.07) is 10.1. The molecule has 0 radical (unpaired) electrons. The number of hydrogen-bond donors (Lipinski definition) is 0. The van der Waals surface area contributed by atoms with Gasteiger partial charge in [-0.3, -0.25) is 4.79 Å². The first-order valence-corrected chi connectivity index (χ1v) is 10.7. The summed E-state index contributed by atoms with van der Waals surface area (Å²) < 4.78 is 78.7. The van der Waals surface area contributed by atoms with Crippen LogP contribution in [0.25, 0.3) is 0 Å². The van der Waals surface area contributed by atoms with Gasteiger partial charge in [0.15, 0.2) is 0 Å². The summed E-state index contributed by atoms with van der Waals surface area (Å²) >= 11 is 0. The Morgan fingerprint density at radius 2 is 1.58 bits per heavy atom. The van der Waals surface area contributed by atoms with Gasteiger partial charge in [-0.25, -0.2) is 9.97 Å². The molecule has 0 aliphatic carbocycles. The van der Waals surface area contributed by atoms with Crippen LogP contribution >= 0.6 is 0 Å². The molecular weight excluding hydrogens is 486 g/mol. The zero-order valence-electron chi connectivity index (χ0n) is 18.6. The van der Waals surface area contributed by atoms with Gasteiger partial charge in [0.1, 0.15) is 11.5 Å². The van der Waals surface area contributed by atoms with Crippen LogP contribution in [0.1, 0.15) is 32.7 Å². The van der Waals surface area contributed by atoms with Crippen molar-refractivity contribution < 1.29 is 31.1 Å². The molecule has 36 heavy (non-hydrogen) atoms. The zero-order valence-corrected chi connectivity index (χ0v) is 18.6. The molecule has 0 N–H and O–H groups in total. The summed E-state index contributed by atoms with van der Waals surface area (Å²) in [5, 5.41) is 0. The van der Waals surface area contributed by atoms with Gasteiger partial charge in [-0.05, 0) is 48.4 Å². The Balaban J connectivity index is 1.49. The number of carbonyl (C=O) groups excluding carboxylic acids is 1. The number of nitrogens with zero attached hydrogens (tertiary/aromatic N) is 4. The van der Waals surface area contributed by atoms with Crippen LogP contribution in [0.4, 0.5) is 32.2 Å². The second kappa shape index (κ2) is 9.89. The fourth-order valence-corrected chi connectivity index (χ4v) is 3.66. The predicted octanol–water partition coefficient (Wildman–Crippen LogP) is 4.88. The van der Waals surface area contributed by atoms with E-state index in [-0.39, 0.29) is 29.9 Å². The van der Waals surface area contributed by atoms with E-state index in [0.717, 1.165) is 30.5 Å². The van der Waals surface area contributed by atoms with Gasteiger partial charge < -0.3 is 9.80 Å². The Bertz CT molecular complexity index is 1290. The van der Waals surface area contributed by atoms with E-state index in [4.69, 9.17) is 0 Å². The fraction of sp³-hybridized carbons (Fsp3) is 0.240. The predicted molar refractivity (Wildman–Crippen MR) is 119 cm³/mol. The van der Waals surface area contributed by atoms with Gasteiger partial charge >= 0.3 is 12.4 Å². The number of amides is 1. The lowest BCUT2D eigenvalue weighted by Gasteiger charge is -2.35. The standard InChI is InChI=1S/C25H18F6N4O/c26-24(27,28)19-6-9-22(33-16-19)34-11-13-35(14-12-34)23(36)18-5-8-21(25(29,30)31)17(15-18)4-7-20-3-1-2-10-32-20/h1-3,5-6,8-10,15-16H,11-14H2. The average Bonchev–Trinajstić information content (AvgIpc) is 2.86. The third-order valence-corrected chi connectivity index (χ3v) is 5.53. The van der Waals surface area contributed by atoms with E-state index >= 15 is 0 Å². The van der Waals surface area contributed by atoms with Gasteiger partial charge in [0.05, 0.1) is 11.1 Å². The average molecular weight is 504 g/mol. The second-order valence-corrected chi connectivity index (χ2v) is 7.91. The first-order chi connectivity index (χ1) is 17.0. The van der Waals surface area contributed by atoms with Gasteiger partial charge in [-0.1, -0.05) is 12.0 Å². The van der Waals surface area contributed by atoms with Crippen molar-refractivity contribution in [1.82, 2.24) is 14.9 Å². The number of anilines is 1. The SMILES string of the molecule is O=C(c1ccc(C(F)(F)F)c(C#Cc2ccccn2)c1)N1CCN(c2ccc(C(F)(F)F)cn2)CC1. The van der Waals surface area contributed by atoms with Crippen molar-refractivity contribution in [2.75, 3.05) is 31.1 Å². The molecule has 1 amide bonds. The molecule has 11 heteroatoms. The molecule has 1 saturated heterocycles. The molecule has 186 valence electrons. The van der Waals surface area contributed by atoms with Crippen molar-refractivity contribution in [3.05, 3.63) is 88.9 Å². The molecule has 1 fully saturated rings. The molecule has 3 heterocycles. The summed E-state index contributed by atoms with van der Waals surface area (Å²) in [7, 11) is 0. The molecule has 3 aromatic rings. The molecule has 1 aromatic carbocycles. The maximum atomic E-state index is 13.5. The van der Waals surface area contributed by atoms with Crippen LogP contribution in [-0.4, -0.2) is 47.0 Å². The second-order valence-electron chi connectivity index (χ2n) is 7.91. The van der Waals surface area contributed by atoms with Crippen molar-refractivity contribution >= 4 is 11.7 Å². The highest BCUT2D eigenvalue weighted by atomic mass is 19.4. The maximum absolute atomic E-state index is 13.5. The summed E-state index contributed by atoms with van der Waals surface area (Å²) in [5.41, 5.74) is -1.82. The Morgan fingerprint density at radius 1 is 0.833 bits per heavy atom. The quantitative estimate of drug-likeness (QED) is 0.369. The fourth-order valence-electron chi connectivity index (χ4n) is 3.66. The summed E-state index contributed by atoms with van der Waals surface area (Å²) in [4.78, 5) is 24.1. The lowest BCUT2D eigenvalue weighted by atomic mass is 10.0. The Kier molecular flexibility index (Phi) is 6.88. The number of rotatable bonds is 2. The number of hydrogen-bond acceptors (Lipinski definition) is 4. The molecule has 0 bridgehead atoms. The van der Waals surface area contributed by atoms with Crippen LogP contribution in [0, 0.1) is 11.8 Å². The summed E-state index contributed by atoms with van der Waals surface area (Å²) in [6.07, 6.45) is -6.92. The van der Waals surface area contributed by atoms with Gasteiger partial charge in [-0.15, -0.1) is 0 Å². The third kappa shape index (κ3) is 5.76. The van der Waals surface area contributed by atoms with E-state index in [1.54, 1.807) is 23.1 Å². The first-order valence-electron chi connectivity index (χ1n) is 10.7. The topological polar surface area (TPSA) is 49.3 Å². The van der Waals surface area contributed by atoms with E-state index < -0.39 is 29.4 Å². The Labute approximate surface area is 202 Å². The van der Waals surface area contributed by atoms with Crippen molar-refractivity contribution in [3.63, 3.8) is 0 Å². The lowest BCUT2D eigenvalue weighted by Crippen LogP contribution is -2.49. The van der Waals surface area contributed by atoms with Gasteiger partial charge in [-0.2, -0.15) is 26.3 Å². The van der Waals surface area contributed by atoms with Crippen molar-refractivity contribution in [1.29, 1.82) is 0 Å². The smallest absolute Gasteiger partial charge is 0.353 e. The van der Waals surface area contributed by atoms with Gasteiger partial charge in [0, 0.05) is 49.7 Å². The van der Waals surface area contributed by atoms with Crippen molar-refractivity contribution in [2.24, 2.45) is 0 Å². The molecule has 0 spiro atoms. The number of halogens is 6. The molecule has 1 aliphatic rings. The summed E-state index contributed by atoms with van der Waals surface area (Å²) in [5.74, 6) is 4.94. The van der Waals surface area contributed by atoms with E-state index in [9.17, 15) is 31.1 Å². The number of carbonyl (C=O) groups is 1. The van der Waals surface area contributed by atoms with Crippen LogP contribution in [0.3, 0.4) is 0 Å². The minimum absolute atomic E-state index is 0.0504. The minimum atomic E-state index is -4.66. The largest absolute Gasteiger partial charge is 0.417 e. The molecule has 1 aliphatic heterocycles. The molecule has 2 aromatic heterocycles. The minimum Gasteiger partial charge on any atom is -0.353 e. The summed E-state index contributed by atoms with van der Waals surface area (Å²) in [6.45, 7) is 1.04. The first kappa shape index (κ1) is 25.0. The van der Waals surface area contributed by atoms with Crippen LogP contribution in [0.2, 0.25) is 0 Å².